The number of amides is 2. The van der Waals surface area contributed by atoms with Crippen molar-refractivity contribution < 1.29 is 23.5 Å². The van der Waals surface area contributed by atoms with E-state index in [0.717, 1.165) is 37.9 Å². The Morgan fingerprint density at radius 1 is 1.34 bits per heavy atom. The number of benzene rings is 1. The van der Waals surface area contributed by atoms with Gasteiger partial charge in [-0.05, 0) is 62.8 Å². The number of fused-ring (bicyclic) bond motifs is 3. The van der Waals surface area contributed by atoms with Gasteiger partial charge < -0.3 is 24.5 Å². The highest BCUT2D eigenvalue weighted by molar-refractivity contribution is 5.98. The van der Waals surface area contributed by atoms with Crippen molar-refractivity contribution in [3.8, 4) is 11.5 Å². The molecule has 170 valence electrons. The summed E-state index contributed by atoms with van der Waals surface area (Å²) in [6, 6.07) is 9.20. The first-order chi connectivity index (χ1) is 15.5. The number of carbonyl (C=O) groups is 2. The Bertz CT molecular complexity index is 1000. The van der Waals surface area contributed by atoms with E-state index >= 15 is 0 Å². The lowest BCUT2D eigenvalue weighted by atomic mass is 9.60. The Labute approximate surface area is 187 Å². The highest BCUT2D eigenvalue weighted by Crippen LogP contribution is 2.52. The molecule has 1 aromatic carbocycles. The summed E-state index contributed by atoms with van der Waals surface area (Å²) in [5, 5.41) is 6.35. The normalized spacial score (nSPS) is 29.1. The third kappa shape index (κ3) is 3.74. The number of hydrogen-bond donors (Lipinski definition) is 2. The van der Waals surface area contributed by atoms with E-state index in [0.29, 0.717) is 23.5 Å². The number of carbonyl (C=O) groups excluding carboxylic acids is 2. The third-order valence-electron chi connectivity index (χ3n) is 7.40. The van der Waals surface area contributed by atoms with Crippen LogP contribution in [0.2, 0.25) is 0 Å². The second-order valence-electron chi connectivity index (χ2n) is 9.42. The van der Waals surface area contributed by atoms with Crippen LogP contribution in [0.4, 0.5) is 0 Å². The summed E-state index contributed by atoms with van der Waals surface area (Å²) in [5.41, 5.74) is -0.210. The van der Waals surface area contributed by atoms with Crippen molar-refractivity contribution in [2.75, 3.05) is 7.11 Å². The third-order valence-corrected chi connectivity index (χ3v) is 7.40. The molecular weight excluding hydrogens is 408 g/mol. The van der Waals surface area contributed by atoms with Gasteiger partial charge in [-0.15, -0.1) is 0 Å². The summed E-state index contributed by atoms with van der Waals surface area (Å²) in [4.78, 5) is 25.9. The van der Waals surface area contributed by atoms with Crippen LogP contribution in [0.3, 0.4) is 0 Å². The number of ether oxygens (including phenoxy) is 2. The van der Waals surface area contributed by atoms with Crippen LogP contribution in [0.1, 0.15) is 55.1 Å². The first-order valence-electron chi connectivity index (χ1n) is 11.5. The van der Waals surface area contributed by atoms with E-state index in [2.05, 4.69) is 10.6 Å². The maximum Gasteiger partial charge on any atom is 0.258 e. The molecule has 5 atom stereocenters. The highest BCUT2D eigenvalue weighted by atomic mass is 16.5. The van der Waals surface area contributed by atoms with Gasteiger partial charge in [-0.25, -0.2) is 0 Å². The quantitative estimate of drug-likeness (QED) is 0.718. The topological polar surface area (TPSA) is 89.8 Å². The molecule has 3 saturated carbocycles. The molecule has 1 aromatic heterocycles. The molecule has 6 rings (SSSR count). The smallest absolute Gasteiger partial charge is 0.258 e. The van der Waals surface area contributed by atoms with E-state index in [9.17, 15) is 9.59 Å². The molecule has 2 bridgehead atoms. The lowest BCUT2D eigenvalue weighted by Gasteiger charge is -2.55. The number of furan rings is 1. The molecule has 1 aliphatic heterocycles. The lowest BCUT2D eigenvalue weighted by Crippen LogP contribution is -2.67. The minimum Gasteiger partial charge on any atom is -0.497 e. The van der Waals surface area contributed by atoms with Gasteiger partial charge in [-0.1, -0.05) is 0 Å². The van der Waals surface area contributed by atoms with Gasteiger partial charge in [0.15, 0.2) is 5.72 Å². The molecule has 7 heteroatoms. The summed E-state index contributed by atoms with van der Waals surface area (Å²) < 4.78 is 17.1. The monoisotopic (exact) mass is 438 g/mol. The van der Waals surface area contributed by atoms with Crippen LogP contribution in [-0.2, 0) is 11.2 Å². The molecular formula is C25H30N2O5. The SMILES string of the molecule is COc1ccc2c(c1)O[C@]1(C[C@H]3CC[C@H]1C[C@@H]3C(=O)N[C@@H](C)CCc1ccco1)NC2=O. The molecule has 32 heavy (non-hydrogen) atoms. The summed E-state index contributed by atoms with van der Waals surface area (Å²) >= 11 is 0. The van der Waals surface area contributed by atoms with Crippen molar-refractivity contribution in [2.24, 2.45) is 17.8 Å². The van der Waals surface area contributed by atoms with E-state index in [1.807, 2.05) is 19.1 Å². The average molecular weight is 439 g/mol. The Morgan fingerprint density at radius 3 is 2.94 bits per heavy atom. The van der Waals surface area contributed by atoms with Crippen LogP contribution in [0, 0.1) is 17.8 Å². The zero-order chi connectivity index (χ0) is 22.3. The average Bonchev–Trinajstić information content (AvgIpc) is 3.31. The number of rotatable bonds is 6. The fourth-order valence-corrected chi connectivity index (χ4v) is 5.68. The molecule has 0 unspecified atom stereocenters. The molecule has 0 radical (unpaired) electrons. The van der Waals surface area contributed by atoms with Gasteiger partial charge in [-0.3, -0.25) is 9.59 Å². The van der Waals surface area contributed by atoms with Crippen LogP contribution in [0.15, 0.2) is 41.0 Å². The number of methoxy groups -OCH3 is 1. The standard InChI is InChI=1S/C25H30N2O5/c1-15(5-8-18-4-3-11-31-18)26-23(28)21-12-17-7-6-16(21)14-25(17)27-24(29)20-10-9-19(30-2)13-22(20)32-25/h3-4,9-11,13,15-17,21H,5-8,12,14H2,1-2H3,(H,26,28)(H,27,29)/t15-,16+,17-,21-,25-/m0/s1. The molecule has 3 fully saturated rings. The minimum absolute atomic E-state index is 0.0438. The molecule has 0 saturated heterocycles. The maximum atomic E-state index is 13.1. The van der Waals surface area contributed by atoms with Gasteiger partial charge in [0.2, 0.25) is 5.91 Å². The zero-order valence-corrected chi connectivity index (χ0v) is 18.6. The summed E-state index contributed by atoms with van der Waals surface area (Å²) in [6.45, 7) is 2.04. The van der Waals surface area contributed by atoms with Gasteiger partial charge in [0.05, 0.1) is 18.9 Å². The zero-order valence-electron chi connectivity index (χ0n) is 18.6. The number of nitrogens with one attached hydrogen (secondary N) is 2. The van der Waals surface area contributed by atoms with E-state index in [4.69, 9.17) is 13.9 Å². The Hall–Kier alpha value is -2.96. The van der Waals surface area contributed by atoms with Crippen molar-refractivity contribution in [2.45, 2.75) is 57.2 Å². The molecule has 4 aliphatic rings. The van der Waals surface area contributed by atoms with Gasteiger partial charge in [0.25, 0.3) is 5.91 Å². The second kappa shape index (κ2) is 8.19. The van der Waals surface area contributed by atoms with Gasteiger partial charge in [0.1, 0.15) is 17.3 Å². The van der Waals surface area contributed by atoms with Crippen LogP contribution < -0.4 is 20.1 Å². The Kier molecular flexibility index (Phi) is 5.35. The van der Waals surface area contributed by atoms with Crippen molar-refractivity contribution in [1.82, 2.24) is 10.6 Å². The Morgan fingerprint density at radius 2 is 2.22 bits per heavy atom. The fourth-order valence-electron chi connectivity index (χ4n) is 5.68. The van der Waals surface area contributed by atoms with Crippen LogP contribution in [0.25, 0.3) is 0 Å². The number of hydrogen-bond acceptors (Lipinski definition) is 5. The van der Waals surface area contributed by atoms with Crippen LogP contribution >= 0.6 is 0 Å². The van der Waals surface area contributed by atoms with Crippen molar-refractivity contribution in [1.29, 1.82) is 0 Å². The molecule has 2 aromatic rings. The molecule has 1 spiro atoms. The van der Waals surface area contributed by atoms with Gasteiger partial charge in [-0.2, -0.15) is 0 Å². The predicted octanol–water partition coefficient (Wildman–Crippen LogP) is 3.68. The van der Waals surface area contributed by atoms with Crippen molar-refractivity contribution in [3.63, 3.8) is 0 Å². The summed E-state index contributed by atoms with van der Waals surface area (Å²) in [7, 11) is 1.60. The first-order valence-corrected chi connectivity index (χ1v) is 11.5. The second-order valence-corrected chi connectivity index (χ2v) is 9.42. The lowest BCUT2D eigenvalue weighted by molar-refractivity contribution is -0.147. The largest absolute Gasteiger partial charge is 0.497 e. The van der Waals surface area contributed by atoms with E-state index < -0.39 is 5.72 Å². The van der Waals surface area contributed by atoms with Crippen molar-refractivity contribution >= 4 is 11.8 Å². The van der Waals surface area contributed by atoms with Gasteiger partial charge >= 0.3 is 0 Å². The van der Waals surface area contributed by atoms with E-state index in [1.165, 1.54) is 0 Å². The molecule has 7 nitrogen and oxygen atoms in total. The molecule has 2 heterocycles. The van der Waals surface area contributed by atoms with E-state index in [-0.39, 0.29) is 35.6 Å². The number of aryl methyl sites for hydroxylation is 1. The highest BCUT2D eigenvalue weighted by Gasteiger charge is 2.57. The molecule has 2 amide bonds. The minimum atomic E-state index is -0.735. The first kappa shape index (κ1) is 20.9. The van der Waals surface area contributed by atoms with Gasteiger partial charge in [0, 0.05) is 36.8 Å². The van der Waals surface area contributed by atoms with Crippen molar-refractivity contribution in [3.05, 3.63) is 47.9 Å². The maximum absolute atomic E-state index is 13.1. The molecule has 2 N–H and O–H groups in total. The van der Waals surface area contributed by atoms with Crippen LogP contribution in [0.5, 0.6) is 11.5 Å². The molecule has 3 aliphatic carbocycles. The summed E-state index contributed by atoms with van der Waals surface area (Å²) in [6.07, 6.45) is 6.62. The predicted molar refractivity (Wildman–Crippen MR) is 117 cm³/mol. The van der Waals surface area contributed by atoms with Crippen LogP contribution in [-0.4, -0.2) is 30.7 Å². The van der Waals surface area contributed by atoms with E-state index in [1.54, 1.807) is 31.6 Å². The fraction of sp³-hybridized carbons (Fsp3) is 0.520. The Balaban J connectivity index is 1.25. The summed E-state index contributed by atoms with van der Waals surface area (Å²) in [5.74, 6) is 2.41.